The molecule has 1 atom stereocenters. The minimum atomic E-state index is 0.00347. The summed E-state index contributed by atoms with van der Waals surface area (Å²) in [5.41, 5.74) is 7.86. The highest BCUT2D eigenvalue weighted by Gasteiger charge is 2.12. The van der Waals surface area contributed by atoms with Gasteiger partial charge in [0.15, 0.2) is 5.78 Å². The molecule has 3 nitrogen and oxygen atoms in total. The summed E-state index contributed by atoms with van der Waals surface area (Å²) in [6, 6.07) is 5.96. The number of nitrogens with two attached hydrogens (primary N) is 1. The molecule has 94 valence electrons. The first-order valence-electron chi connectivity index (χ1n) is 6.12. The lowest BCUT2D eigenvalue weighted by Crippen LogP contribution is -2.24. The van der Waals surface area contributed by atoms with E-state index in [1.165, 1.54) is 6.92 Å². The average Bonchev–Trinajstić information content (AvgIpc) is 2.27. The fraction of sp³-hybridized carbons (Fsp3) is 0.500. The summed E-state index contributed by atoms with van der Waals surface area (Å²) in [7, 11) is 0. The van der Waals surface area contributed by atoms with Gasteiger partial charge in [-0.25, -0.2) is 0 Å². The van der Waals surface area contributed by atoms with Crippen molar-refractivity contribution < 1.29 is 4.79 Å². The second-order valence-electron chi connectivity index (χ2n) is 4.76. The fourth-order valence-corrected chi connectivity index (χ4v) is 1.91. The van der Waals surface area contributed by atoms with Crippen molar-refractivity contribution in [3.05, 3.63) is 23.8 Å². The van der Waals surface area contributed by atoms with E-state index in [0.717, 1.165) is 12.1 Å². The van der Waals surface area contributed by atoms with E-state index in [-0.39, 0.29) is 5.78 Å². The molecule has 1 aromatic carbocycles. The summed E-state index contributed by atoms with van der Waals surface area (Å²) in [5, 5.41) is 3.44. The first-order valence-corrected chi connectivity index (χ1v) is 6.12. The number of rotatable bonds is 5. The Bertz CT molecular complexity index is 399. The molecule has 3 heteroatoms. The van der Waals surface area contributed by atoms with Gasteiger partial charge in [0.05, 0.1) is 0 Å². The highest BCUT2D eigenvalue weighted by molar-refractivity contribution is 6.00. The maximum atomic E-state index is 11.4. The molecule has 17 heavy (non-hydrogen) atoms. The molecule has 0 spiro atoms. The third-order valence-electron chi connectivity index (χ3n) is 3.03. The molecule has 0 aliphatic carbocycles. The SMILES string of the molecule is CCC(Nc1ccc(N)c(C(C)=O)c1)C(C)C. The number of carbonyl (C=O) groups is 1. The molecule has 0 saturated heterocycles. The molecule has 0 aromatic heterocycles. The molecule has 0 aliphatic heterocycles. The fourth-order valence-electron chi connectivity index (χ4n) is 1.91. The van der Waals surface area contributed by atoms with Gasteiger partial charge < -0.3 is 11.1 Å². The van der Waals surface area contributed by atoms with E-state index in [9.17, 15) is 4.79 Å². The second-order valence-corrected chi connectivity index (χ2v) is 4.76. The highest BCUT2D eigenvalue weighted by Crippen LogP contribution is 2.21. The first-order chi connectivity index (χ1) is 7.95. The van der Waals surface area contributed by atoms with Gasteiger partial charge in [0.1, 0.15) is 0 Å². The minimum absolute atomic E-state index is 0.00347. The lowest BCUT2D eigenvalue weighted by molar-refractivity contribution is 0.101. The van der Waals surface area contributed by atoms with E-state index in [1.807, 2.05) is 12.1 Å². The summed E-state index contributed by atoms with van der Waals surface area (Å²) in [6.07, 6.45) is 1.05. The van der Waals surface area contributed by atoms with Crippen LogP contribution < -0.4 is 11.1 Å². The van der Waals surface area contributed by atoms with Crippen LogP contribution in [0.1, 0.15) is 44.5 Å². The largest absolute Gasteiger partial charge is 0.398 e. The van der Waals surface area contributed by atoms with Crippen LogP contribution in [0.4, 0.5) is 11.4 Å². The highest BCUT2D eigenvalue weighted by atomic mass is 16.1. The van der Waals surface area contributed by atoms with E-state index in [2.05, 4.69) is 26.1 Å². The minimum Gasteiger partial charge on any atom is -0.398 e. The van der Waals surface area contributed by atoms with Crippen LogP contribution in [0.15, 0.2) is 18.2 Å². The normalized spacial score (nSPS) is 12.5. The van der Waals surface area contributed by atoms with Crippen LogP contribution in [0.3, 0.4) is 0 Å². The van der Waals surface area contributed by atoms with Crippen LogP contribution in [0, 0.1) is 5.92 Å². The maximum absolute atomic E-state index is 11.4. The molecule has 1 unspecified atom stereocenters. The Hall–Kier alpha value is -1.51. The number of anilines is 2. The second kappa shape index (κ2) is 5.71. The van der Waals surface area contributed by atoms with Gasteiger partial charge in [0.2, 0.25) is 0 Å². The lowest BCUT2D eigenvalue weighted by atomic mass is 10.0. The van der Waals surface area contributed by atoms with Gasteiger partial charge >= 0.3 is 0 Å². The Kier molecular flexibility index (Phi) is 4.55. The molecule has 0 amide bonds. The Balaban J connectivity index is 2.92. The molecule has 0 radical (unpaired) electrons. The standard InChI is InChI=1S/C14H22N2O/c1-5-14(9(2)3)16-11-6-7-13(15)12(8-11)10(4)17/h6-9,14,16H,5,15H2,1-4H3. The Morgan fingerprint density at radius 1 is 1.41 bits per heavy atom. The zero-order valence-corrected chi connectivity index (χ0v) is 11.1. The van der Waals surface area contributed by atoms with Gasteiger partial charge in [-0.3, -0.25) is 4.79 Å². The maximum Gasteiger partial charge on any atom is 0.161 e. The number of carbonyl (C=O) groups excluding carboxylic acids is 1. The van der Waals surface area contributed by atoms with E-state index in [1.54, 1.807) is 6.07 Å². The molecule has 0 heterocycles. The molecule has 1 rings (SSSR count). The van der Waals surface area contributed by atoms with Crippen molar-refractivity contribution in [3.63, 3.8) is 0 Å². The zero-order chi connectivity index (χ0) is 13.0. The number of hydrogen-bond acceptors (Lipinski definition) is 3. The van der Waals surface area contributed by atoms with Gasteiger partial charge in [-0.1, -0.05) is 20.8 Å². The first kappa shape index (κ1) is 13.6. The third kappa shape index (κ3) is 3.48. The summed E-state index contributed by atoms with van der Waals surface area (Å²) in [6.45, 7) is 8.06. The van der Waals surface area contributed by atoms with E-state index in [4.69, 9.17) is 5.73 Å². The smallest absolute Gasteiger partial charge is 0.161 e. The predicted octanol–water partition coefficient (Wildman–Crippen LogP) is 3.32. The van der Waals surface area contributed by atoms with Gasteiger partial charge in [-0.05, 0) is 37.5 Å². The number of ketones is 1. The van der Waals surface area contributed by atoms with Gasteiger partial charge in [0.25, 0.3) is 0 Å². The summed E-state index contributed by atoms with van der Waals surface area (Å²) in [4.78, 5) is 11.4. The summed E-state index contributed by atoms with van der Waals surface area (Å²) < 4.78 is 0. The van der Waals surface area contributed by atoms with Crippen LogP contribution in [0.25, 0.3) is 0 Å². The molecule has 0 saturated carbocycles. The van der Waals surface area contributed by atoms with Crippen molar-refractivity contribution in [2.45, 2.75) is 40.2 Å². The Labute approximate surface area is 103 Å². The molecule has 0 fully saturated rings. The van der Waals surface area contributed by atoms with Crippen molar-refractivity contribution in [3.8, 4) is 0 Å². The van der Waals surface area contributed by atoms with Crippen molar-refractivity contribution in [1.29, 1.82) is 0 Å². The molecule has 0 aliphatic rings. The van der Waals surface area contributed by atoms with Crippen molar-refractivity contribution in [2.24, 2.45) is 5.92 Å². The quantitative estimate of drug-likeness (QED) is 0.607. The number of nitrogen functional groups attached to an aromatic ring is 1. The van der Waals surface area contributed by atoms with Crippen molar-refractivity contribution >= 4 is 17.2 Å². The monoisotopic (exact) mass is 234 g/mol. The molecule has 3 N–H and O–H groups in total. The molecule has 1 aromatic rings. The summed E-state index contributed by atoms with van der Waals surface area (Å²) >= 11 is 0. The Morgan fingerprint density at radius 3 is 2.53 bits per heavy atom. The lowest BCUT2D eigenvalue weighted by Gasteiger charge is -2.22. The number of hydrogen-bond donors (Lipinski definition) is 2. The van der Waals surface area contributed by atoms with E-state index >= 15 is 0 Å². The van der Waals surface area contributed by atoms with E-state index < -0.39 is 0 Å². The zero-order valence-electron chi connectivity index (χ0n) is 11.1. The number of Topliss-reactive ketones (excluding diaryl/α,β-unsaturated/α-hetero) is 1. The van der Waals surface area contributed by atoms with Crippen molar-refractivity contribution in [1.82, 2.24) is 0 Å². The van der Waals surface area contributed by atoms with Crippen LogP contribution in [-0.2, 0) is 0 Å². The predicted molar refractivity (Wildman–Crippen MR) is 73.4 cm³/mol. The summed E-state index contributed by atoms with van der Waals surface area (Å²) in [5.74, 6) is 0.557. The number of nitrogens with one attached hydrogen (secondary N) is 1. The Morgan fingerprint density at radius 2 is 2.06 bits per heavy atom. The van der Waals surface area contributed by atoms with Gasteiger partial charge in [-0.15, -0.1) is 0 Å². The van der Waals surface area contributed by atoms with Gasteiger partial charge in [-0.2, -0.15) is 0 Å². The molecular formula is C14H22N2O. The van der Waals surface area contributed by atoms with E-state index in [0.29, 0.717) is 23.2 Å². The van der Waals surface area contributed by atoms with Crippen LogP contribution in [0.5, 0.6) is 0 Å². The molecular weight excluding hydrogens is 212 g/mol. The van der Waals surface area contributed by atoms with Crippen LogP contribution >= 0.6 is 0 Å². The van der Waals surface area contributed by atoms with Crippen LogP contribution in [0.2, 0.25) is 0 Å². The molecule has 0 bridgehead atoms. The topological polar surface area (TPSA) is 55.1 Å². The van der Waals surface area contributed by atoms with Gasteiger partial charge in [0, 0.05) is 23.0 Å². The number of benzene rings is 1. The van der Waals surface area contributed by atoms with Crippen LogP contribution in [-0.4, -0.2) is 11.8 Å². The van der Waals surface area contributed by atoms with Crippen molar-refractivity contribution in [2.75, 3.05) is 11.1 Å². The average molecular weight is 234 g/mol. The third-order valence-corrected chi connectivity index (χ3v) is 3.03.